The predicted octanol–water partition coefficient (Wildman–Crippen LogP) is 7.02. The molecule has 0 unspecified atom stereocenters. The molecule has 0 saturated heterocycles. The summed E-state index contributed by atoms with van der Waals surface area (Å²) >= 11 is 3.49. The first-order chi connectivity index (χ1) is 21.9. The summed E-state index contributed by atoms with van der Waals surface area (Å²) in [6.45, 7) is 6.26. The van der Waals surface area contributed by atoms with Crippen molar-refractivity contribution in [3.05, 3.63) is 106 Å². The van der Waals surface area contributed by atoms with Gasteiger partial charge in [-0.3, -0.25) is 9.59 Å². The summed E-state index contributed by atoms with van der Waals surface area (Å²) in [7, 11) is 0. The van der Waals surface area contributed by atoms with Gasteiger partial charge in [-0.05, 0) is 99.0 Å². The lowest BCUT2D eigenvalue weighted by atomic mass is 9.73. The van der Waals surface area contributed by atoms with Crippen molar-refractivity contribution in [2.75, 3.05) is 6.54 Å². The number of alkyl halides is 3. The lowest BCUT2D eigenvalue weighted by molar-refractivity contribution is -0.192. The Morgan fingerprint density at radius 2 is 1.34 bits per heavy atom. The Kier molecular flexibility index (Phi) is 13.1. The van der Waals surface area contributed by atoms with Crippen molar-refractivity contribution in [1.82, 2.24) is 16.0 Å². The SMILES string of the molecule is CC(C)(C)NCC(=O)N[C@@H]1CC[C@@H](C(=O)NC(c2ccc(F)cc2)c2ccc(F)cc2)[C@H](c2ccc(Br)cc2)C1.O=C(O)C(F)(F)F. The number of carbonyl (C=O) groups excluding carboxylic acids is 2. The Balaban J connectivity index is 0.000000771. The van der Waals surface area contributed by atoms with Gasteiger partial charge in [-0.25, -0.2) is 13.6 Å². The van der Waals surface area contributed by atoms with E-state index >= 15 is 0 Å². The van der Waals surface area contributed by atoms with Gasteiger partial charge in [0.2, 0.25) is 11.8 Å². The van der Waals surface area contributed by atoms with Gasteiger partial charge in [-0.2, -0.15) is 13.2 Å². The van der Waals surface area contributed by atoms with E-state index in [4.69, 9.17) is 9.90 Å². The fourth-order valence-electron chi connectivity index (χ4n) is 5.24. The first-order valence-corrected chi connectivity index (χ1v) is 15.6. The molecule has 13 heteroatoms. The second-order valence-electron chi connectivity index (χ2n) is 12.3. The van der Waals surface area contributed by atoms with Crippen molar-refractivity contribution in [3.63, 3.8) is 0 Å². The van der Waals surface area contributed by atoms with Crippen molar-refractivity contribution in [2.24, 2.45) is 5.92 Å². The molecule has 3 aromatic rings. The van der Waals surface area contributed by atoms with E-state index in [1.807, 2.05) is 45.0 Å². The minimum atomic E-state index is -5.08. The largest absolute Gasteiger partial charge is 0.490 e. The number of hydrogen-bond donors (Lipinski definition) is 4. The van der Waals surface area contributed by atoms with Gasteiger partial charge in [0.25, 0.3) is 0 Å². The van der Waals surface area contributed by atoms with Crippen molar-refractivity contribution in [2.45, 2.75) is 69.8 Å². The van der Waals surface area contributed by atoms with E-state index < -0.39 is 18.2 Å². The highest BCUT2D eigenvalue weighted by molar-refractivity contribution is 9.10. The third kappa shape index (κ3) is 12.0. The molecule has 0 radical (unpaired) electrons. The molecule has 7 nitrogen and oxygen atoms in total. The average Bonchev–Trinajstić information content (AvgIpc) is 3.00. The van der Waals surface area contributed by atoms with E-state index in [1.54, 1.807) is 24.3 Å². The van der Waals surface area contributed by atoms with Crippen LogP contribution in [0.4, 0.5) is 22.0 Å². The third-order valence-corrected chi connectivity index (χ3v) is 8.09. The number of hydrogen-bond acceptors (Lipinski definition) is 4. The molecular weight excluding hydrogens is 689 g/mol. The molecule has 1 fully saturated rings. The van der Waals surface area contributed by atoms with E-state index in [9.17, 15) is 31.5 Å². The molecule has 4 N–H and O–H groups in total. The fourth-order valence-corrected chi connectivity index (χ4v) is 5.50. The van der Waals surface area contributed by atoms with Gasteiger partial charge >= 0.3 is 12.1 Å². The molecule has 1 aliphatic carbocycles. The van der Waals surface area contributed by atoms with E-state index in [2.05, 4.69) is 31.9 Å². The molecule has 0 aliphatic heterocycles. The molecule has 3 atom stereocenters. The van der Waals surface area contributed by atoms with Crippen molar-refractivity contribution >= 4 is 33.7 Å². The number of benzene rings is 3. The molecule has 2 amide bonds. The van der Waals surface area contributed by atoms with Gasteiger partial charge in [0.15, 0.2) is 0 Å². The zero-order valence-electron chi connectivity index (χ0n) is 26.0. The number of carboxylic acid groups (broad SMARTS) is 1. The number of carbonyl (C=O) groups is 3. The van der Waals surface area contributed by atoms with Gasteiger partial charge in [-0.15, -0.1) is 0 Å². The van der Waals surface area contributed by atoms with Crippen LogP contribution >= 0.6 is 15.9 Å². The second kappa shape index (κ2) is 16.3. The molecule has 0 heterocycles. The monoisotopic (exact) mass is 725 g/mol. The number of aliphatic carboxylic acids is 1. The van der Waals surface area contributed by atoms with Crippen LogP contribution in [0.5, 0.6) is 0 Å². The van der Waals surface area contributed by atoms with Crippen molar-refractivity contribution in [3.8, 4) is 0 Å². The van der Waals surface area contributed by atoms with Crippen molar-refractivity contribution in [1.29, 1.82) is 0 Å². The molecule has 3 aromatic carbocycles. The minimum absolute atomic E-state index is 0.0584. The van der Waals surface area contributed by atoms with Crippen LogP contribution in [0.15, 0.2) is 77.3 Å². The maximum atomic E-state index is 13.9. The average molecular weight is 727 g/mol. The Morgan fingerprint density at radius 1 is 0.851 bits per heavy atom. The number of nitrogens with one attached hydrogen (secondary N) is 3. The highest BCUT2D eigenvalue weighted by atomic mass is 79.9. The summed E-state index contributed by atoms with van der Waals surface area (Å²) in [4.78, 5) is 35.5. The number of amides is 2. The maximum Gasteiger partial charge on any atom is 0.490 e. The van der Waals surface area contributed by atoms with Gasteiger partial charge in [0.05, 0.1) is 12.6 Å². The molecule has 1 saturated carbocycles. The second-order valence-corrected chi connectivity index (χ2v) is 13.2. The Bertz CT molecular complexity index is 1450. The van der Waals surface area contributed by atoms with Gasteiger partial charge in [0, 0.05) is 22.0 Å². The molecule has 47 heavy (non-hydrogen) atoms. The highest BCUT2D eigenvalue weighted by Gasteiger charge is 2.39. The van der Waals surface area contributed by atoms with E-state index in [1.165, 1.54) is 24.3 Å². The maximum absolute atomic E-state index is 13.9. The molecule has 254 valence electrons. The molecule has 1 aliphatic rings. The number of carboxylic acids is 1. The summed E-state index contributed by atoms with van der Waals surface area (Å²) in [5.41, 5.74) is 2.26. The predicted molar refractivity (Wildman–Crippen MR) is 170 cm³/mol. The fraction of sp³-hybridized carbons (Fsp3) is 0.382. The summed E-state index contributed by atoms with van der Waals surface area (Å²) in [6, 6.07) is 19.3. The normalized spacial score (nSPS) is 18.1. The van der Waals surface area contributed by atoms with Crippen LogP contribution in [0.2, 0.25) is 0 Å². The van der Waals surface area contributed by atoms with Crippen LogP contribution in [0.25, 0.3) is 0 Å². The van der Waals surface area contributed by atoms with Gasteiger partial charge < -0.3 is 21.1 Å². The minimum Gasteiger partial charge on any atom is -0.475 e. The highest BCUT2D eigenvalue weighted by Crippen LogP contribution is 2.39. The van der Waals surface area contributed by atoms with Crippen LogP contribution in [-0.2, 0) is 14.4 Å². The lowest BCUT2D eigenvalue weighted by Gasteiger charge is -2.37. The smallest absolute Gasteiger partial charge is 0.475 e. The summed E-state index contributed by atoms with van der Waals surface area (Å²) in [5, 5.41) is 16.7. The first-order valence-electron chi connectivity index (χ1n) is 14.8. The Labute approximate surface area is 278 Å². The topological polar surface area (TPSA) is 108 Å². The Morgan fingerprint density at radius 3 is 1.79 bits per heavy atom. The molecular formula is C34H37BrF5N3O4. The standard InChI is InChI=1S/C32H36BrF2N3O2.C2HF3O2/c1-32(2,3)36-19-29(39)37-26-16-17-27(28(18-26)20-4-10-23(33)11-5-20)31(40)38-30(21-6-12-24(34)13-7-21)22-8-14-25(35)15-9-22;3-2(4,5)1(6)7/h4-15,26-28,30,36H,16-19H2,1-3H3,(H,37,39)(H,38,40);(H,6,7)/t26-,27-,28+;/m1./s1. The zero-order valence-corrected chi connectivity index (χ0v) is 27.6. The molecule has 4 rings (SSSR count). The molecule has 0 spiro atoms. The van der Waals surface area contributed by atoms with Crippen molar-refractivity contribution < 1.29 is 41.4 Å². The van der Waals surface area contributed by atoms with Gasteiger partial charge in [0.1, 0.15) is 11.6 Å². The van der Waals surface area contributed by atoms with Crippen LogP contribution in [0, 0.1) is 17.6 Å². The van der Waals surface area contributed by atoms with E-state index in [-0.39, 0.29) is 53.4 Å². The molecule has 0 aromatic heterocycles. The molecule has 0 bridgehead atoms. The zero-order chi connectivity index (χ0) is 34.9. The van der Waals surface area contributed by atoms with Crippen LogP contribution in [0.3, 0.4) is 0 Å². The van der Waals surface area contributed by atoms with E-state index in [0.29, 0.717) is 30.4 Å². The van der Waals surface area contributed by atoms with E-state index in [0.717, 1.165) is 10.0 Å². The summed E-state index contributed by atoms with van der Waals surface area (Å²) < 4.78 is 60.1. The number of rotatable bonds is 8. The summed E-state index contributed by atoms with van der Waals surface area (Å²) in [5.74, 6) is -4.17. The van der Waals surface area contributed by atoms with Crippen LogP contribution in [-0.4, -0.2) is 47.2 Å². The van der Waals surface area contributed by atoms with Gasteiger partial charge in [-0.1, -0.05) is 52.3 Å². The quantitative estimate of drug-likeness (QED) is 0.187. The first kappa shape index (κ1) is 37.6. The van der Waals surface area contributed by atoms with Crippen LogP contribution < -0.4 is 16.0 Å². The van der Waals surface area contributed by atoms with Crippen LogP contribution in [0.1, 0.15) is 68.7 Å². The Hall–Kier alpha value is -3.84. The lowest BCUT2D eigenvalue weighted by Crippen LogP contribution is -2.48. The third-order valence-electron chi connectivity index (χ3n) is 7.57. The summed E-state index contributed by atoms with van der Waals surface area (Å²) in [6.07, 6.45) is -3.20. The number of halogens is 6.